The number of aromatic nitrogens is 3. The van der Waals surface area contributed by atoms with Gasteiger partial charge in [-0.3, -0.25) is 19.7 Å². The summed E-state index contributed by atoms with van der Waals surface area (Å²) in [6.07, 6.45) is 3.47. The van der Waals surface area contributed by atoms with E-state index >= 15 is 0 Å². The molecule has 0 saturated heterocycles. The number of aromatic amines is 1. The fraction of sp³-hybridized carbons (Fsp3) is 0.111. The van der Waals surface area contributed by atoms with E-state index in [9.17, 15) is 14.7 Å². The number of phenolic OH excluding ortho intramolecular Hbond substituents is 1. The molecule has 0 aliphatic carbocycles. The van der Waals surface area contributed by atoms with Crippen LogP contribution in [0.25, 0.3) is 11.3 Å². The van der Waals surface area contributed by atoms with Crippen LogP contribution in [0.5, 0.6) is 5.75 Å². The zero-order chi connectivity index (χ0) is 18.5. The molecule has 3 rings (SSSR count). The number of H-pyrrole nitrogens is 1. The molecule has 0 unspecified atom stereocenters. The van der Waals surface area contributed by atoms with Gasteiger partial charge in [-0.25, -0.2) is 0 Å². The molecule has 26 heavy (non-hydrogen) atoms. The molecule has 8 nitrogen and oxygen atoms in total. The first-order valence-electron chi connectivity index (χ1n) is 7.87. The molecule has 1 aromatic carbocycles. The van der Waals surface area contributed by atoms with Gasteiger partial charge in [-0.1, -0.05) is 12.1 Å². The third-order valence-corrected chi connectivity index (χ3v) is 3.82. The zero-order valence-electron chi connectivity index (χ0n) is 13.7. The molecule has 1 atom stereocenters. The third-order valence-electron chi connectivity index (χ3n) is 3.82. The van der Waals surface area contributed by atoms with Gasteiger partial charge in [-0.05, 0) is 35.9 Å². The van der Waals surface area contributed by atoms with E-state index in [0.717, 1.165) is 11.1 Å². The van der Waals surface area contributed by atoms with Crippen LogP contribution in [0.4, 0.5) is 0 Å². The Bertz CT molecular complexity index is 906. The standard InChI is InChI=1S/C18H17N5O3/c19-17(25)15(9-11-1-3-13(24)4-2-11)21-18(26)16-10-14(22-23-16)12-5-7-20-8-6-12/h1-8,10,15,24H,9H2,(H2,19,25)(H,21,26)(H,22,23)/t15-/m0/s1. The molecule has 0 saturated carbocycles. The van der Waals surface area contributed by atoms with E-state index in [-0.39, 0.29) is 17.9 Å². The largest absolute Gasteiger partial charge is 0.508 e. The minimum absolute atomic E-state index is 0.120. The van der Waals surface area contributed by atoms with Crippen LogP contribution in [0, 0.1) is 0 Å². The van der Waals surface area contributed by atoms with Crippen LogP contribution in [0.15, 0.2) is 54.9 Å². The van der Waals surface area contributed by atoms with Crippen molar-refractivity contribution in [1.82, 2.24) is 20.5 Å². The summed E-state index contributed by atoms with van der Waals surface area (Å²) in [6, 6.07) is 10.6. The Morgan fingerprint density at radius 3 is 2.50 bits per heavy atom. The molecule has 8 heteroatoms. The molecular weight excluding hydrogens is 334 g/mol. The molecule has 2 aromatic heterocycles. The number of hydrogen-bond acceptors (Lipinski definition) is 5. The molecule has 3 aromatic rings. The van der Waals surface area contributed by atoms with Crippen molar-refractivity contribution in [2.75, 3.05) is 0 Å². The molecule has 0 aliphatic heterocycles. The van der Waals surface area contributed by atoms with E-state index < -0.39 is 17.9 Å². The minimum atomic E-state index is -0.889. The number of nitrogens with zero attached hydrogens (tertiary/aromatic N) is 2. The van der Waals surface area contributed by atoms with Crippen LogP contribution in [-0.2, 0) is 11.2 Å². The Labute approximate surface area is 149 Å². The predicted molar refractivity (Wildman–Crippen MR) is 94.1 cm³/mol. The lowest BCUT2D eigenvalue weighted by atomic mass is 10.1. The summed E-state index contributed by atoms with van der Waals surface area (Å²) in [7, 11) is 0. The van der Waals surface area contributed by atoms with Gasteiger partial charge in [-0.2, -0.15) is 5.10 Å². The number of hydrogen-bond donors (Lipinski definition) is 4. The van der Waals surface area contributed by atoms with Gasteiger partial charge in [0.2, 0.25) is 5.91 Å². The number of benzene rings is 1. The maximum atomic E-state index is 12.4. The minimum Gasteiger partial charge on any atom is -0.508 e. The first kappa shape index (κ1) is 17.2. The van der Waals surface area contributed by atoms with E-state index in [1.165, 1.54) is 12.1 Å². The number of carbonyl (C=O) groups excluding carboxylic acids is 2. The molecule has 0 bridgehead atoms. The maximum Gasteiger partial charge on any atom is 0.269 e. The van der Waals surface area contributed by atoms with E-state index in [1.54, 1.807) is 42.7 Å². The summed E-state index contributed by atoms with van der Waals surface area (Å²) in [5, 5.41) is 18.7. The average molecular weight is 351 g/mol. The van der Waals surface area contributed by atoms with Gasteiger partial charge < -0.3 is 16.2 Å². The van der Waals surface area contributed by atoms with Crippen molar-refractivity contribution in [2.45, 2.75) is 12.5 Å². The number of pyridine rings is 1. The number of nitrogens with one attached hydrogen (secondary N) is 2. The fourth-order valence-electron chi connectivity index (χ4n) is 2.44. The Morgan fingerprint density at radius 2 is 1.85 bits per heavy atom. The van der Waals surface area contributed by atoms with Crippen LogP contribution in [0.1, 0.15) is 16.1 Å². The highest BCUT2D eigenvalue weighted by Crippen LogP contribution is 2.16. The molecular formula is C18H17N5O3. The second-order valence-electron chi connectivity index (χ2n) is 5.70. The van der Waals surface area contributed by atoms with Crippen molar-refractivity contribution in [3.05, 3.63) is 66.1 Å². The van der Waals surface area contributed by atoms with Gasteiger partial charge in [0, 0.05) is 24.4 Å². The summed E-state index contributed by atoms with van der Waals surface area (Å²) in [4.78, 5) is 28.0. The first-order chi connectivity index (χ1) is 12.5. The molecule has 132 valence electrons. The summed E-state index contributed by atoms with van der Waals surface area (Å²) >= 11 is 0. The molecule has 0 spiro atoms. The Hall–Kier alpha value is -3.68. The SMILES string of the molecule is NC(=O)[C@H](Cc1ccc(O)cc1)NC(=O)c1cc(-c2ccncc2)n[nH]1. The topological polar surface area (TPSA) is 134 Å². The predicted octanol–water partition coefficient (Wildman–Crippen LogP) is 1.00. The van der Waals surface area contributed by atoms with Crippen molar-refractivity contribution in [3.8, 4) is 17.0 Å². The normalized spacial score (nSPS) is 11.7. The number of primary amides is 1. The quantitative estimate of drug-likeness (QED) is 0.526. The van der Waals surface area contributed by atoms with Crippen LogP contribution in [0.3, 0.4) is 0 Å². The second-order valence-corrected chi connectivity index (χ2v) is 5.70. The number of phenols is 1. The summed E-state index contributed by atoms with van der Waals surface area (Å²) < 4.78 is 0. The Balaban J connectivity index is 1.71. The molecule has 0 aliphatic rings. The molecule has 2 amide bonds. The highest BCUT2D eigenvalue weighted by Gasteiger charge is 2.21. The highest BCUT2D eigenvalue weighted by molar-refractivity contribution is 5.96. The van der Waals surface area contributed by atoms with E-state index in [0.29, 0.717) is 5.69 Å². The summed E-state index contributed by atoms with van der Waals surface area (Å²) in [5.74, 6) is -1.02. The maximum absolute atomic E-state index is 12.4. The smallest absolute Gasteiger partial charge is 0.269 e. The van der Waals surface area contributed by atoms with Gasteiger partial charge in [0.1, 0.15) is 17.5 Å². The fourth-order valence-corrected chi connectivity index (χ4v) is 2.44. The molecule has 5 N–H and O–H groups in total. The number of rotatable bonds is 6. The van der Waals surface area contributed by atoms with Crippen LogP contribution in [0.2, 0.25) is 0 Å². The van der Waals surface area contributed by atoms with Crippen LogP contribution in [-0.4, -0.2) is 38.1 Å². The van der Waals surface area contributed by atoms with E-state index in [1.807, 2.05) is 0 Å². The van der Waals surface area contributed by atoms with Gasteiger partial charge in [0.15, 0.2) is 0 Å². The van der Waals surface area contributed by atoms with Crippen molar-refractivity contribution < 1.29 is 14.7 Å². The number of nitrogens with two attached hydrogens (primary N) is 1. The lowest BCUT2D eigenvalue weighted by Crippen LogP contribution is -2.46. The van der Waals surface area contributed by atoms with E-state index in [4.69, 9.17) is 5.73 Å². The van der Waals surface area contributed by atoms with Gasteiger partial charge >= 0.3 is 0 Å². The lowest BCUT2D eigenvalue weighted by molar-refractivity contribution is -0.119. The monoisotopic (exact) mass is 351 g/mol. The highest BCUT2D eigenvalue weighted by atomic mass is 16.3. The van der Waals surface area contributed by atoms with Gasteiger partial charge in [0.05, 0.1) is 5.69 Å². The number of aromatic hydroxyl groups is 1. The van der Waals surface area contributed by atoms with Crippen LogP contribution < -0.4 is 11.1 Å². The average Bonchev–Trinajstić information content (AvgIpc) is 3.14. The van der Waals surface area contributed by atoms with Crippen molar-refractivity contribution >= 4 is 11.8 Å². The van der Waals surface area contributed by atoms with Crippen molar-refractivity contribution in [2.24, 2.45) is 5.73 Å². The van der Waals surface area contributed by atoms with Gasteiger partial charge in [-0.15, -0.1) is 0 Å². The first-order valence-corrected chi connectivity index (χ1v) is 7.87. The second kappa shape index (κ2) is 7.47. The third kappa shape index (κ3) is 4.04. The van der Waals surface area contributed by atoms with Crippen LogP contribution >= 0.6 is 0 Å². The van der Waals surface area contributed by atoms with E-state index in [2.05, 4.69) is 20.5 Å². The Morgan fingerprint density at radius 1 is 1.15 bits per heavy atom. The zero-order valence-corrected chi connectivity index (χ0v) is 13.7. The number of amides is 2. The molecule has 2 heterocycles. The molecule has 0 radical (unpaired) electrons. The van der Waals surface area contributed by atoms with Crippen molar-refractivity contribution in [1.29, 1.82) is 0 Å². The lowest BCUT2D eigenvalue weighted by Gasteiger charge is -2.15. The number of carbonyl (C=O) groups is 2. The van der Waals surface area contributed by atoms with Crippen molar-refractivity contribution in [3.63, 3.8) is 0 Å². The Kier molecular flexibility index (Phi) is 4.93. The summed E-state index contributed by atoms with van der Waals surface area (Å²) in [6.45, 7) is 0. The van der Waals surface area contributed by atoms with Gasteiger partial charge in [0.25, 0.3) is 5.91 Å². The summed E-state index contributed by atoms with van der Waals surface area (Å²) in [5.41, 5.74) is 7.78. The molecule has 0 fully saturated rings.